The van der Waals surface area contributed by atoms with E-state index in [4.69, 9.17) is 9.47 Å². The van der Waals surface area contributed by atoms with Gasteiger partial charge in [0, 0.05) is 19.2 Å². The molecular weight excluding hydrogens is 358 g/mol. The van der Waals surface area contributed by atoms with Crippen LogP contribution in [-0.4, -0.2) is 63.6 Å². The first-order valence-electron chi connectivity index (χ1n) is 10.1. The van der Waals surface area contributed by atoms with Crippen LogP contribution in [0.2, 0.25) is 0 Å². The number of rotatable bonds is 5. The molecule has 2 saturated heterocycles. The number of nitrogens with one attached hydrogen (secondary N) is 2. The molecule has 2 N–H and O–H groups in total. The van der Waals surface area contributed by atoms with E-state index in [1.165, 1.54) is 0 Å². The molecule has 0 radical (unpaired) electrons. The van der Waals surface area contributed by atoms with Gasteiger partial charge in [-0.3, -0.25) is 5.10 Å². The van der Waals surface area contributed by atoms with Crippen LogP contribution in [0.4, 0.5) is 11.6 Å². The highest BCUT2D eigenvalue weighted by molar-refractivity contribution is 5.49. The van der Waals surface area contributed by atoms with Gasteiger partial charge in [0.05, 0.1) is 25.3 Å². The number of nitrogens with zero attached hydrogens (tertiary/aromatic N) is 5. The van der Waals surface area contributed by atoms with Gasteiger partial charge >= 0.3 is 0 Å². The minimum atomic E-state index is -0.165. The normalized spacial score (nSPS) is 25.9. The van der Waals surface area contributed by atoms with Gasteiger partial charge in [0.2, 0.25) is 0 Å². The van der Waals surface area contributed by atoms with E-state index in [2.05, 4.69) is 49.2 Å². The van der Waals surface area contributed by atoms with E-state index < -0.39 is 0 Å². The first-order valence-corrected chi connectivity index (χ1v) is 10.1. The number of aromatic amines is 1. The van der Waals surface area contributed by atoms with Crippen molar-refractivity contribution in [3.63, 3.8) is 0 Å². The maximum atomic E-state index is 5.99. The van der Waals surface area contributed by atoms with E-state index in [0.29, 0.717) is 24.9 Å². The van der Waals surface area contributed by atoms with Crippen molar-refractivity contribution in [3.05, 3.63) is 24.0 Å². The van der Waals surface area contributed by atoms with Gasteiger partial charge in [-0.25, -0.2) is 15.0 Å². The van der Waals surface area contributed by atoms with E-state index in [-0.39, 0.29) is 18.2 Å². The second-order valence-electron chi connectivity index (χ2n) is 7.82. The van der Waals surface area contributed by atoms with Gasteiger partial charge in [0.1, 0.15) is 29.9 Å². The third kappa shape index (κ3) is 4.25. The summed E-state index contributed by atoms with van der Waals surface area (Å²) in [7, 11) is 0. The molecule has 9 heteroatoms. The molecule has 2 aromatic heterocycles. The van der Waals surface area contributed by atoms with E-state index >= 15 is 0 Å². The minimum Gasteiger partial charge on any atom is -0.376 e. The molecule has 4 heterocycles. The quantitative estimate of drug-likeness (QED) is 0.804. The first-order chi connectivity index (χ1) is 13.6. The predicted molar refractivity (Wildman–Crippen MR) is 105 cm³/mol. The van der Waals surface area contributed by atoms with Crippen molar-refractivity contribution in [1.29, 1.82) is 0 Å². The van der Waals surface area contributed by atoms with E-state index in [1.54, 1.807) is 6.33 Å². The number of morpholine rings is 1. The third-order valence-corrected chi connectivity index (χ3v) is 5.30. The minimum absolute atomic E-state index is 0.165. The lowest BCUT2D eigenvalue weighted by Crippen LogP contribution is -2.43. The summed E-state index contributed by atoms with van der Waals surface area (Å²) in [6.07, 6.45) is 3.81. The van der Waals surface area contributed by atoms with Gasteiger partial charge in [-0.15, -0.1) is 0 Å². The molecule has 0 bridgehead atoms. The van der Waals surface area contributed by atoms with Crippen molar-refractivity contribution in [2.45, 2.75) is 51.9 Å². The maximum absolute atomic E-state index is 5.99. The molecule has 0 unspecified atom stereocenters. The van der Waals surface area contributed by atoms with E-state index in [1.807, 2.05) is 13.0 Å². The van der Waals surface area contributed by atoms with Crippen molar-refractivity contribution >= 4 is 11.6 Å². The van der Waals surface area contributed by atoms with Gasteiger partial charge in [-0.05, 0) is 25.7 Å². The molecule has 4 rings (SSSR count). The molecule has 2 aliphatic rings. The fraction of sp³-hybridized carbons (Fsp3) is 0.684. The summed E-state index contributed by atoms with van der Waals surface area (Å²) in [6, 6.07) is 2.28. The fourth-order valence-corrected chi connectivity index (χ4v) is 3.92. The lowest BCUT2D eigenvalue weighted by atomic mass is 9.94. The Hall–Kier alpha value is -2.26. The van der Waals surface area contributed by atoms with Crippen LogP contribution in [0.5, 0.6) is 0 Å². The fourth-order valence-electron chi connectivity index (χ4n) is 3.92. The Balaban J connectivity index is 1.45. The van der Waals surface area contributed by atoms with Crippen molar-refractivity contribution < 1.29 is 9.47 Å². The Morgan fingerprint density at radius 2 is 2.14 bits per heavy atom. The Morgan fingerprint density at radius 3 is 2.93 bits per heavy atom. The molecule has 0 amide bonds. The average Bonchev–Trinajstić information content (AvgIpc) is 3.15. The second-order valence-corrected chi connectivity index (χ2v) is 7.82. The molecule has 0 aromatic carbocycles. The smallest absolute Gasteiger partial charge is 0.181 e. The molecule has 0 spiro atoms. The van der Waals surface area contributed by atoms with Crippen LogP contribution in [0.1, 0.15) is 44.4 Å². The first kappa shape index (κ1) is 19.1. The Bertz CT molecular complexity index is 781. The Labute approximate surface area is 165 Å². The van der Waals surface area contributed by atoms with Gasteiger partial charge < -0.3 is 19.7 Å². The number of aryl methyl sites for hydroxylation is 1. The lowest BCUT2D eigenvalue weighted by molar-refractivity contribution is -0.0203. The van der Waals surface area contributed by atoms with Crippen LogP contribution in [-0.2, 0) is 9.47 Å². The summed E-state index contributed by atoms with van der Waals surface area (Å²) >= 11 is 0. The Morgan fingerprint density at radius 1 is 1.25 bits per heavy atom. The van der Waals surface area contributed by atoms with E-state index in [9.17, 15) is 0 Å². The molecule has 2 fully saturated rings. The number of hydrogen-bond acceptors (Lipinski definition) is 8. The molecular formula is C19H29N7O2. The molecule has 2 aromatic rings. The molecule has 9 nitrogen and oxygen atoms in total. The monoisotopic (exact) mass is 387 g/mol. The number of ether oxygens (including phenoxy) is 2. The van der Waals surface area contributed by atoms with Crippen LogP contribution in [0, 0.1) is 12.8 Å². The largest absolute Gasteiger partial charge is 0.376 e. The zero-order valence-electron chi connectivity index (χ0n) is 16.8. The van der Waals surface area contributed by atoms with Crippen LogP contribution in [0.3, 0.4) is 0 Å². The van der Waals surface area contributed by atoms with E-state index in [0.717, 1.165) is 43.5 Å². The van der Waals surface area contributed by atoms with Crippen molar-refractivity contribution in [2.24, 2.45) is 5.92 Å². The lowest BCUT2D eigenvalue weighted by Gasteiger charge is -2.35. The molecule has 152 valence electrons. The summed E-state index contributed by atoms with van der Waals surface area (Å²) in [5.74, 6) is 3.66. The predicted octanol–water partition coefficient (Wildman–Crippen LogP) is 2.10. The SMILES string of the molecule is Cc1nc([C@@H]2CN(c3cc(N[C@@H]4CCCO[C@H]4C(C)C)ncn3)CCO2)n[nH]1. The topological polar surface area (TPSA) is 101 Å². The number of anilines is 2. The van der Waals surface area contributed by atoms with Crippen LogP contribution in [0.25, 0.3) is 0 Å². The molecule has 28 heavy (non-hydrogen) atoms. The maximum Gasteiger partial charge on any atom is 0.181 e. The van der Waals surface area contributed by atoms with Crippen molar-refractivity contribution in [2.75, 3.05) is 36.5 Å². The van der Waals surface area contributed by atoms with Gasteiger partial charge in [-0.2, -0.15) is 5.10 Å². The summed E-state index contributed by atoms with van der Waals surface area (Å²) < 4.78 is 11.8. The summed E-state index contributed by atoms with van der Waals surface area (Å²) in [5, 5.41) is 10.7. The van der Waals surface area contributed by atoms with Crippen molar-refractivity contribution in [3.8, 4) is 0 Å². The highest BCUT2D eigenvalue weighted by Crippen LogP contribution is 2.26. The molecule has 2 aliphatic heterocycles. The van der Waals surface area contributed by atoms with Gasteiger partial charge in [-0.1, -0.05) is 13.8 Å². The van der Waals surface area contributed by atoms with Crippen LogP contribution < -0.4 is 10.2 Å². The second kappa shape index (κ2) is 8.40. The molecule has 3 atom stereocenters. The zero-order valence-corrected chi connectivity index (χ0v) is 16.8. The number of H-pyrrole nitrogens is 1. The third-order valence-electron chi connectivity index (χ3n) is 5.30. The number of aromatic nitrogens is 5. The average molecular weight is 387 g/mol. The molecule has 0 aliphatic carbocycles. The van der Waals surface area contributed by atoms with Gasteiger partial charge in [0.15, 0.2) is 5.82 Å². The van der Waals surface area contributed by atoms with Crippen LogP contribution >= 0.6 is 0 Å². The zero-order chi connectivity index (χ0) is 19.5. The van der Waals surface area contributed by atoms with Crippen molar-refractivity contribution in [1.82, 2.24) is 25.1 Å². The molecule has 0 saturated carbocycles. The van der Waals surface area contributed by atoms with Crippen LogP contribution in [0.15, 0.2) is 12.4 Å². The summed E-state index contributed by atoms with van der Waals surface area (Å²) in [5.41, 5.74) is 0. The van der Waals surface area contributed by atoms with Gasteiger partial charge in [0.25, 0.3) is 0 Å². The standard InChI is InChI=1S/C19H29N7O2/c1-12(2)18-14(5-4-7-28-18)23-16-9-17(21-11-20-16)26-6-8-27-15(10-26)19-22-13(3)24-25-19/h9,11-12,14-15,18H,4-8,10H2,1-3H3,(H,20,21,23)(H,22,24,25)/t14-,15+,18+/m1/s1. The summed E-state index contributed by atoms with van der Waals surface area (Å²) in [6.45, 7) is 9.18. The highest BCUT2D eigenvalue weighted by atomic mass is 16.5. The number of hydrogen-bond donors (Lipinski definition) is 2. The highest BCUT2D eigenvalue weighted by Gasteiger charge is 2.29. The Kier molecular flexibility index (Phi) is 5.72. The summed E-state index contributed by atoms with van der Waals surface area (Å²) in [4.78, 5) is 15.5.